The van der Waals surface area contributed by atoms with Crippen molar-refractivity contribution in [1.29, 1.82) is 0 Å². The molecule has 2 aromatic rings. The molecule has 0 aliphatic carbocycles. The Hall–Kier alpha value is -3.19. The van der Waals surface area contributed by atoms with E-state index in [0.29, 0.717) is 11.1 Å². The Bertz CT molecular complexity index is 776. The van der Waals surface area contributed by atoms with Crippen molar-refractivity contribution in [1.82, 2.24) is 4.90 Å². The highest BCUT2D eigenvalue weighted by Gasteiger charge is 2.36. The Morgan fingerprint density at radius 1 is 1.00 bits per heavy atom. The van der Waals surface area contributed by atoms with Crippen LogP contribution in [0.4, 0.5) is 4.79 Å². The van der Waals surface area contributed by atoms with Crippen LogP contribution in [-0.4, -0.2) is 51.6 Å². The molecule has 2 N–H and O–H groups in total. The van der Waals surface area contributed by atoms with Crippen molar-refractivity contribution < 1.29 is 29.3 Å². The molecular weight excluding hydrogens is 350 g/mol. The van der Waals surface area contributed by atoms with Crippen LogP contribution in [-0.2, 0) is 16.1 Å². The van der Waals surface area contributed by atoms with Crippen LogP contribution in [0.25, 0.3) is 0 Å². The number of carbonyl (C=O) groups excluding carboxylic acids is 2. The summed E-state index contributed by atoms with van der Waals surface area (Å²) in [6.07, 6.45) is -2.38. The molecule has 0 fully saturated rings. The van der Waals surface area contributed by atoms with Gasteiger partial charge in [0.2, 0.25) is 0 Å². The SMILES string of the molecule is C[C@H](O)[C@@H](C(=O)O)N(CC(=O)c1ccccc1)C(=O)OCc1ccccc1. The number of carboxylic acids is 1. The summed E-state index contributed by atoms with van der Waals surface area (Å²) in [5.41, 5.74) is 1.04. The number of aliphatic hydroxyl groups excluding tert-OH is 1. The summed E-state index contributed by atoms with van der Waals surface area (Å²) < 4.78 is 5.17. The van der Waals surface area contributed by atoms with Crippen LogP contribution in [0.2, 0.25) is 0 Å². The molecule has 1 amide bonds. The summed E-state index contributed by atoms with van der Waals surface area (Å²) in [4.78, 5) is 37.3. The number of Topliss-reactive ketones (excluding diaryl/α,β-unsaturated/α-hetero) is 1. The highest BCUT2D eigenvalue weighted by atomic mass is 16.6. The molecule has 2 aromatic carbocycles. The molecule has 0 saturated carbocycles. The number of benzene rings is 2. The maximum atomic E-state index is 12.5. The summed E-state index contributed by atoms with van der Waals surface area (Å²) in [6, 6.07) is 15.4. The first kappa shape index (κ1) is 20.1. The lowest BCUT2D eigenvalue weighted by Gasteiger charge is -2.29. The molecule has 7 heteroatoms. The summed E-state index contributed by atoms with van der Waals surface area (Å²) in [7, 11) is 0. The summed E-state index contributed by atoms with van der Waals surface area (Å²) in [5.74, 6) is -1.89. The van der Waals surface area contributed by atoms with Gasteiger partial charge in [0, 0.05) is 5.56 Å². The van der Waals surface area contributed by atoms with Gasteiger partial charge < -0.3 is 14.9 Å². The summed E-state index contributed by atoms with van der Waals surface area (Å²) in [5, 5.41) is 19.2. The third-order valence-corrected chi connectivity index (χ3v) is 3.90. The fourth-order valence-electron chi connectivity index (χ4n) is 2.55. The number of hydrogen-bond donors (Lipinski definition) is 2. The van der Waals surface area contributed by atoms with Gasteiger partial charge in [0.15, 0.2) is 11.8 Å². The molecule has 0 bridgehead atoms. The van der Waals surface area contributed by atoms with Crippen LogP contribution in [0.15, 0.2) is 60.7 Å². The van der Waals surface area contributed by atoms with Gasteiger partial charge >= 0.3 is 12.1 Å². The van der Waals surface area contributed by atoms with E-state index in [1.807, 2.05) is 6.07 Å². The Morgan fingerprint density at radius 2 is 1.56 bits per heavy atom. The van der Waals surface area contributed by atoms with Crippen molar-refractivity contribution in [2.45, 2.75) is 25.7 Å². The zero-order valence-corrected chi connectivity index (χ0v) is 14.8. The van der Waals surface area contributed by atoms with E-state index in [-0.39, 0.29) is 6.61 Å². The number of rotatable bonds is 8. The van der Waals surface area contributed by atoms with Crippen LogP contribution in [0.5, 0.6) is 0 Å². The van der Waals surface area contributed by atoms with Crippen molar-refractivity contribution >= 4 is 17.8 Å². The number of hydrogen-bond acceptors (Lipinski definition) is 5. The van der Waals surface area contributed by atoms with E-state index in [1.165, 1.54) is 6.92 Å². The fourth-order valence-corrected chi connectivity index (χ4v) is 2.55. The molecular formula is C20H21NO6. The molecule has 0 unspecified atom stereocenters. The molecule has 2 atom stereocenters. The average molecular weight is 371 g/mol. The number of carboxylic acid groups (broad SMARTS) is 1. The van der Waals surface area contributed by atoms with Gasteiger partial charge in [-0.2, -0.15) is 0 Å². The number of aliphatic carboxylic acids is 1. The number of ether oxygens (including phenoxy) is 1. The minimum absolute atomic E-state index is 0.0815. The van der Waals surface area contributed by atoms with Crippen LogP contribution < -0.4 is 0 Å². The average Bonchev–Trinajstić information content (AvgIpc) is 2.66. The predicted molar refractivity (Wildman–Crippen MR) is 97.2 cm³/mol. The Balaban J connectivity index is 2.19. The first-order valence-electron chi connectivity index (χ1n) is 8.36. The zero-order chi connectivity index (χ0) is 19.8. The maximum Gasteiger partial charge on any atom is 0.411 e. The summed E-state index contributed by atoms with van der Waals surface area (Å²) >= 11 is 0. The fraction of sp³-hybridized carbons (Fsp3) is 0.250. The minimum atomic E-state index is -1.61. The lowest BCUT2D eigenvalue weighted by molar-refractivity contribution is -0.146. The second-order valence-electron chi connectivity index (χ2n) is 5.98. The van der Waals surface area contributed by atoms with E-state index >= 15 is 0 Å². The second-order valence-corrected chi connectivity index (χ2v) is 5.98. The van der Waals surface area contributed by atoms with Crippen LogP contribution in [0, 0.1) is 0 Å². The number of aliphatic hydroxyl groups is 1. The molecule has 7 nitrogen and oxygen atoms in total. The van der Waals surface area contributed by atoms with E-state index in [4.69, 9.17) is 4.74 Å². The molecule has 0 saturated heterocycles. The monoisotopic (exact) mass is 371 g/mol. The Morgan fingerprint density at radius 3 is 2.07 bits per heavy atom. The van der Waals surface area contributed by atoms with Crippen molar-refractivity contribution in [3.63, 3.8) is 0 Å². The molecule has 0 spiro atoms. The topological polar surface area (TPSA) is 104 Å². The molecule has 27 heavy (non-hydrogen) atoms. The van der Waals surface area contributed by atoms with Gasteiger partial charge in [0.25, 0.3) is 0 Å². The van der Waals surface area contributed by atoms with Crippen LogP contribution >= 0.6 is 0 Å². The van der Waals surface area contributed by atoms with Gasteiger partial charge in [-0.3, -0.25) is 9.69 Å². The number of nitrogens with zero attached hydrogens (tertiary/aromatic N) is 1. The van der Waals surface area contributed by atoms with E-state index in [1.54, 1.807) is 54.6 Å². The van der Waals surface area contributed by atoms with E-state index < -0.39 is 36.5 Å². The first-order valence-corrected chi connectivity index (χ1v) is 8.36. The van der Waals surface area contributed by atoms with Gasteiger partial charge in [-0.1, -0.05) is 60.7 Å². The van der Waals surface area contributed by atoms with Crippen LogP contribution in [0.3, 0.4) is 0 Å². The highest BCUT2D eigenvalue weighted by molar-refractivity contribution is 5.99. The largest absolute Gasteiger partial charge is 0.480 e. The van der Waals surface area contributed by atoms with Gasteiger partial charge in [-0.15, -0.1) is 0 Å². The van der Waals surface area contributed by atoms with Crippen molar-refractivity contribution in [2.24, 2.45) is 0 Å². The van der Waals surface area contributed by atoms with E-state index in [0.717, 1.165) is 4.90 Å². The third kappa shape index (κ3) is 5.65. The van der Waals surface area contributed by atoms with Gasteiger partial charge in [0.1, 0.15) is 6.61 Å². The zero-order valence-electron chi connectivity index (χ0n) is 14.8. The predicted octanol–water partition coefficient (Wildman–Crippen LogP) is 2.34. The molecule has 0 radical (unpaired) electrons. The standard InChI is InChI=1S/C20H21NO6/c1-14(22)18(19(24)25)21(12-17(23)16-10-6-3-7-11-16)20(26)27-13-15-8-4-2-5-9-15/h2-11,14,18,22H,12-13H2,1H3,(H,24,25)/t14-,18-/m0/s1. The lowest BCUT2D eigenvalue weighted by atomic mass is 10.1. The molecule has 0 aliphatic rings. The first-order chi connectivity index (χ1) is 12.9. The number of ketones is 1. The second kappa shape index (κ2) is 9.49. The maximum absolute atomic E-state index is 12.5. The molecule has 0 aromatic heterocycles. The smallest absolute Gasteiger partial charge is 0.411 e. The quantitative estimate of drug-likeness (QED) is 0.690. The van der Waals surface area contributed by atoms with Gasteiger partial charge in [-0.05, 0) is 12.5 Å². The van der Waals surface area contributed by atoms with Crippen molar-refractivity contribution in [3.05, 3.63) is 71.8 Å². The highest BCUT2D eigenvalue weighted by Crippen LogP contribution is 2.12. The van der Waals surface area contributed by atoms with Crippen molar-refractivity contribution in [3.8, 4) is 0 Å². The normalized spacial score (nSPS) is 12.7. The van der Waals surface area contributed by atoms with Crippen LogP contribution in [0.1, 0.15) is 22.8 Å². The lowest BCUT2D eigenvalue weighted by Crippen LogP contribution is -2.52. The van der Waals surface area contributed by atoms with E-state index in [9.17, 15) is 24.6 Å². The third-order valence-electron chi connectivity index (χ3n) is 3.90. The van der Waals surface area contributed by atoms with Gasteiger partial charge in [0.05, 0.1) is 12.6 Å². The van der Waals surface area contributed by atoms with Gasteiger partial charge in [-0.25, -0.2) is 9.59 Å². The van der Waals surface area contributed by atoms with E-state index in [2.05, 4.69) is 0 Å². The Labute approximate surface area is 156 Å². The molecule has 0 aliphatic heterocycles. The number of carbonyl (C=O) groups is 3. The molecule has 2 rings (SSSR count). The molecule has 0 heterocycles. The summed E-state index contributed by atoms with van der Waals surface area (Å²) in [6.45, 7) is 0.630. The number of amides is 1. The minimum Gasteiger partial charge on any atom is -0.480 e. The Kier molecular flexibility index (Phi) is 7.08. The van der Waals surface area contributed by atoms with Crippen molar-refractivity contribution in [2.75, 3.05) is 6.54 Å². The molecule has 142 valence electrons.